The Kier molecular flexibility index (Phi) is 6.66. The largest absolute Gasteiger partial charge is 0.0795 e. The summed E-state index contributed by atoms with van der Waals surface area (Å²) in [5.41, 5.74) is 13.4. The summed E-state index contributed by atoms with van der Waals surface area (Å²) in [5, 5.41) is 7.73. The number of fused-ring (bicyclic) bond motifs is 7. The molecule has 0 saturated heterocycles. The third-order valence-corrected chi connectivity index (χ3v) is 10.5. The lowest BCUT2D eigenvalue weighted by molar-refractivity contribution is 0.653. The zero-order chi connectivity index (χ0) is 32.2. The van der Waals surface area contributed by atoms with Gasteiger partial charge in [0.2, 0.25) is 0 Å². The maximum Gasteiger partial charge on any atom is 0.0161 e. The Morgan fingerprint density at radius 2 is 1.12 bits per heavy atom. The summed E-state index contributed by atoms with van der Waals surface area (Å²) in [6.07, 6.45) is 5.52. The average molecular weight is 613 g/mol. The first-order valence-corrected chi connectivity index (χ1v) is 17.0. The average Bonchev–Trinajstić information content (AvgIpc) is 3.38. The molecular weight excluding hydrogens is 577 g/mol. The smallest absolute Gasteiger partial charge is 0.0161 e. The van der Waals surface area contributed by atoms with Crippen molar-refractivity contribution in [3.05, 3.63) is 186 Å². The van der Waals surface area contributed by atoms with Crippen molar-refractivity contribution in [2.75, 3.05) is 0 Å². The topological polar surface area (TPSA) is 0 Å². The molecule has 0 atom stereocenters. The second-order valence-electron chi connectivity index (χ2n) is 13.6. The monoisotopic (exact) mass is 612 g/mol. The van der Waals surface area contributed by atoms with Crippen molar-refractivity contribution in [3.8, 4) is 33.4 Å². The molecule has 0 bridgehead atoms. The van der Waals surface area contributed by atoms with Gasteiger partial charge in [-0.3, -0.25) is 0 Å². The second kappa shape index (κ2) is 11.2. The third kappa shape index (κ3) is 4.44. The molecule has 9 rings (SSSR count). The lowest BCUT2D eigenvalue weighted by Crippen LogP contribution is -2.17. The molecule has 0 radical (unpaired) electrons. The van der Waals surface area contributed by atoms with Crippen LogP contribution in [0.4, 0.5) is 0 Å². The zero-order valence-corrected chi connectivity index (χ0v) is 27.4. The highest BCUT2D eigenvalue weighted by molar-refractivity contribution is 6.27. The molecule has 0 N–H and O–H groups in total. The van der Waals surface area contributed by atoms with Gasteiger partial charge in [0, 0.05) is 5.41 Å². The van der Waals surface area contributed by atoms with Gasteiger partial charge in [0.15, 0.2) is 0 Å². The summed E-state index contributed by atoms with van der Waals surface area (Å²) < 4.78 is 0. The number of allylic oxidation sites excluding steroid dienone is 1. The molecule has 0 spiro atoms. The van der Waals surface area contributed by atoms with E-state index in [4.69, 9.17) is 0 Å². The molecule has 0 heterocycles. The Morgan fingerprint density at radius 1 is 0.479 bits per heavy atom. The Hall–Kier alpha value is -5.72. The first-order valence-electron chi connectivity index (χ1n) is 17.0. The maximum atomic E-state index is 2.37. The number of benzene rings is 8. The molecule has 0 aliphatic heterocycles. The van der Waals surface area contributed by atoms with Gasteiger partial charge in [-0.1, -0.05) is 184 Å². The van der Waals surface area contributed by atoms with Crippen LogP contribution >= 0.6 is 0 Å². The quantitative estimate of drug-likeness (QED) is 0.134. The first-order chi connectivity index (χ1) is 23.6. The van der Waals surface area contributed by atoms with E-state index in [-0.39, 0.29) is 5.41 Å². The molecule has 0 heteroatoms. The molecule has 8 aromatic carbocycles. The fraction of sp³-hybridized carbons (Fsp3) is 0.0833. The highest BCUT2D eigenvalue weighted by atomic mass is 14.4. The molecule has 1 aliphatic carbocycles. The molecular formula is C48H36. The number of hydrogen-bond acceptors (Lipinski definition) is 0. The molecule has 0 saturated carbocycles. The van der Waals surface area contributed by atoms with E-state index in [0.29, 0.717) is 0 Å². The minimum atomic E-state index is 0.00490. The van der Waals surface area contributed by atoms with Gasteiger partial charge in [-0.25, -0.2) is 0 Å². The lowest BCUT2D eigenvalue weighted by atomic mass is 9.79. The van der Waals surface area contributed by atoms with E-state index < -0.39 is 0 Å². The predicted molar refractivity (Wildman–Crippen MR) is 207 cm³/mol. The van der Waals surface area contributed by atoms with Gasteiger partial charge >= 0.3 is 0 Å². The SMILES string of the molecule is CC1(C)c2ccccc2-c2cccc(C/C=C/c3ccc(-c4c5ccccc5c(-c5ccccc5)c5c4ccc4ccccc45)cc3)c21. The van der Waals surface area contributed by atoms with Gasteiger partial charge in [-0.2, -0.15) is 0 Å². The standard InChI is InChI=1S/C48H36/c1-48(2)43-25-11-10-21-38(43)41-24-13-19-36(47(41)48)18-12-14-32-26-28-35(29-27-32)44-39-22-8-9-23-40(39)45(34-16-4-3-5-17-34)46-37-20-7-6-15-33(37)30-31-42(44)46/h3-17,19-31H,18H2,1-2H3/b14-12+. The van der Waals surface area contributed by atoms with Gasteiger partial charge in [0.25, 0.3) is 0 Å². The van der Waals surface area contributed by atoms with E-state index in [1.165, 1.54) is 88.0 Å². The summed E-state index contributed by atoms with van der Waals surface area (Å²) in [6, 6.07) is 58.1. The summed E-state index contributed by atoms with van der Waals surface area (Å²) in [6.45, 7) is 4.73. The molecule has 8 aromatic rings. The maximum absolute atomic E-state index is 2.37. The van der Waals surface area contributed by atoms with Crippen LogP contribution in [0.5, 0.6) is 0 Å². The minimum absolute atomic E-state index is 0.00490. The Labute approximate surface area is 282 Å². The van der Waals surface area contributed by atoms with E-state index in [1.54, 1.807) is 0 Å². The second-order valence-corrected chi connectivity index (χ2v) is 13.6. The van der Waals surface area contributed by atoms with Crippen LogP contribution in [0.25, 0.3) is 71.8 Å². The lowest BCUT2D eigenvalue weighted by Gasteiger charge is -2.24. The van der Waals surface area contributed by atoms with Crippen molar-refractivity contribution < 1.29 is 0 Å². The molecule has 0 amide bonds. The number of hydrogen-bond donors (Lipinski definition) is 0. The van der Waals surface area contributed by atoms with Crippen molar-refractivity contribution in [1.82, 2.24) is 0 Å². The highest BCUT2D eigenvalue weighted by Crippen LogP contribution is 2.50. The molecule has 0 fully saturated rings. The fourth-order valence-corrected chi connectivity index (χ4v) is 8.38. The van der Waals surface area contributed by atoms with E-state index in [9.17, 15) is 0 Å². The predicted octanol–water partition coefficient (Wildman–Crippen LogP) is 13.0. The van der Waals surface area contributed by atoms with Gasteiger partial charge in [-0.15, -0.1) is 0 Å². The van der Waals surface area contributed by atoms with Gasteiger partial charge in [0.1, 0.15) is 0 Å². The van der Waals surface area contributed by atoms with Crippen LogP contribution in [-0.2, 0) is 11.8 Å². The van der Waals surface area contributed by atoms with E-state index in [0.717, 1.165) is 6.42 Å². The van der Waals surface area contributed by atoms with Crippen LogP contribution in [0.15, 0.2) is 164 Å². The van der Waals surface area contributed by atoms with Crippen molar-refractivity contribution in [1.29, 1.82) is 0 Å². The highest BCUT2D eigenvalue weighted by Gasteiger charge is 2.36. The summed E-state index contributed by atoms with van der Waals surface area (Å²) in [7, 11) is 0. The van der Waals surface area contributed by atoms with Crippen molar-refractivity contribution in [2.45, 2.75) is 25.7 Å². The van der Waals surface area contributed by atoms with Crippen LogP contribution in [0.1, 0.15) is 36.1 Å². The third-order valence-electron chi connectivity index (χ3n) is 10.5. The van der Waals surface area contributed by atoms with Gasteiger partial charge < -0.3 is 0 Å². The van der Waals surface area contributed by atoms with Crippen molar-refractivity contribution >= 4 is 38.4 Å². The molecule has 0 unspecified atom stereocenters. The Bertz CT molecular complexity index is 2530. The molecule has 48 heavy (non-hydrogen) atoms. The summed E-state index contributed by atoms with van der Waals surface area (Å²) in [4.78, 5) is 0. The Balaban J connectivity index is 1.12. The molecule has 1 aliphatic rings. The van der Waals surface area contributed by atoms with Crippen molar-refractivity contribution in [3.63, 3.8) is 0 Å². The van der Waals surface area contributed by atoms with Gasteiger partial charge in [-0.05, 0) is 94.4 Å². The van der Waals surface area contributed by atoms with Gasteiger partial charge in [0.05, 0.1) is 0 Å². The first kappa shape index (κ1) is 28.5. The normalized spacial score (nSPS) is 13.4. The number of rotatable bonds is 5. The molecule has 0 nitrogen and oxygen atoms in total. The molecule has 228 valence electrons. The summed E-state index contributed by atoms with van der Waals surface area (Å²) in [5.74, 6) is 0. The molecule has 0 aromatic heterocycles. The van der Waals surface area contributed by atoms with Crippen LogP contribution in [0.2, 0.25) is 0 Å². The fourth-order valence-electron chi connectivity index (χ4n) is 8.38. The van der Waals surface area contributed by atoms with Crippen LogP contribution < -0.4 is 0 Å². The van der Waals surface area contributed by atoms with E-state index in [2.05, 4.69) is 184 Å². The van der Waals surface area contributed by atoms with E-state index in [1.807, 2.05) is 0 Å². The summed E-state index contributed by atoms with van der Waals surface area (Å²) >= 11 is 0. The Morgan fingerprint density at radius 3 is 1.94 bits per heavy atom. The van der Waals surface area contributed by atoms with Crippen molar-refractivity contribution in [2.24, 2.45) is 0 Å². The van der Waals surface area contributed by atoms with Crippen LogP contribution in [-0.4, -0.2) is 0 Å². The van der Waals surface area contributed by atoms with E-state index >= 15 is 0 Å². The van der Waals surface area contributed by atoms with Crippen LogP contribution in [0, 0.1) is 0 Å². The zero-order valence-electron chi connectivity index (χ0n) is 27.4. The van der Waals surface area contributed by atoms with Crippen LogP contribution in [0.3, 0.4) is 0 Å². The minimum Gasteiger partial charge on any atom is -0.0795 e.